The molecule has 0 bridgehead atoms. The van der Waals surface area contributed by atoms with E-state index < -0.39 is 11.7 Å². The minimum atomic E-state index is -4.42. The average molecular weight is 295 g/mol. The Balaban J connectivity index is 2.98. The minimum Gasteiger partial charge on any atom is -0.316 e. The molecule has 0 saturated carbocycles. The van der Waals surface area contributed by atoms with Gasteiger partial charge in [-0.2, -0.15) is 13.2 Å². The van der Waals surface area contributed by atoms with Gasteiger partial charge < -0.3 is 5.32 Å². The Morgan fingerprint density at radius 3 is 2.26 bits per heavy atom. The number of pyridine rings is 1. The Labute approximate surface area is 116 Å². The van der Waals surface area contributed by atoms with Crippen molar-refractivity contribution in [2.75, 3.05) is 7.05 Å². The zero-order chi connectivity index (χ0) is 14.8. The van der Waals surface area contributed by atoms with E-state index in [0.717, 1.165) is 12.3 Å². The van der Waals surface area contributed by atoms with Gasteiger partial charge in [-0.15, -0.1) is 0 Å². The molecule has 0 fully saturated rings. The molecule has 0 radical (unpaired) electrons. The van der Waals surface area contributed by atoms with Crippen LogP contribution in [0.1, 0.15) is 32.0 Å². The van der Waals surface area contributed by atoms with Crippen molar-refractivity contribution in [2.45, 2.75) is 39.4 Å². The van der Waals surface area contributed by atoms with E-state index in [1.807, 2.05) is 27.8 Å². The smallest absolute Gasteiger partial charge is 0.316 e. The maximum atomic E-state index is 12.5. The molecule has 1 heterocycles. The van der Waals surface area contributed by atoms with Crippen molar-refractivity contribution < 1.29 is 13.2 Å². The molecule has 108 valence electrons. The van der Waals surface area contributed by atoms with Crippen molar-refractivity contribution >= 4 is 11.6 Å². The van der Waals surface area contributed by atoms with E-state index in [1.54, 1.807) is 0 Å². The van der Waals surface area contributed by atoms with E-state index in [1.165, 1.54) is 0 Å². The Morgan fingerprint density at radius 2 is 1.89 bits per heavy atom. The Hall–Kier alpha value is -0.810. The fraction of sp³-hybridized carbons (Fsp3) is 0.615. The highest BCUT2D eigenvalue weighted by molar-refractivity contribution is 6.31. The van der Waals surface area contributed by atoms with Crippen LogP contribution in [0.5, 0.6) is 0 Å². The monoisotopic (exact) mass is 294 g/mol. The number of hydrogen-bond donors (Lipinski definition) is 1. The van der Waals surface area contributed by atoms with Crippen LogP contribution in [0, 0.1) is 5.41 Å². The van der Waals surface area contributed by atoms with E-state index in [2.05, 4.69) is 10.3 Å². The zero-order valence-electron chi connectivity index (χ0n) is 11.4. The van der Waals surface area contributed by atoms with Crippen LogP contribution in [0.15, 0.2) is 12.3 Å². The van der Waals surface area contributed by atoms with Gasteiger partial charge in [0.25, 0.3) is 0 Å². The van der Waals surface area contributed by atoms with Crippen molar-refractivity contribution in [3.63, 3.8) is 0 Å². The largest absolute Gasteiger partial charge is 0.417 e. The van der Waals surface area contributed by atoms with Gasteiger partial charge in [0.15, 0.2) is 0 Å². The summed E-state index contributed by atoms with van der Waals surface area (Å²) in [6.45, 7) is 6.14. The molecule has 0 aromatic carbocycles. The van der Waals surface area contributed by atoms with E-state index in [9.17, 15) is 13.2 Å². The fourth-order valence-corrected chi connectivity index (χ4v) is 2.05. The molecule has 1 rings (SSSR count). The van der Waals surface area contributed by atoms with E-state index in [-0.39, 0.29) is 16.5 Å². The lowest BCUT2D eigenvalue weighted by molar-refractivity contribution is -0.137. The molecule has 0 aliphatic heterocycles. The van der Waals surface area contributed by atoms with Gasteiger partial charge in [0.1, 0.15) is 0 Å². The molecule has 1 N–H and O–H groups in total. The first kappa shape index (κ1) is 16.2. The van der Waals surface area contributed by atoms with Gasteiger partial charge in [0, 0.05) is 18.7 Å². The van der Waals surface area contributed by atoms with Gasteiger partial charge >= 0.3 is 6.18 Å². The molecule has 0 amide bonds. The number of halogens is 4. The second kappa shape index (κ2) is 5.67. The molecule has 1 aromatic heterocycles. The van der Waals surface area contributed by atoms with Gasteiger partial charge in [-0.1, -0.05) is 32.4 Å². The van der Waals surface area contributed by atoms with Crippen molar-refractivity contribution in [1.82, 2.24) is 10.3 Å². The topological polar surface area (TPSA) is 24.9 Å². The van der Waals surface area contributed by atoms with E-state index >= 15 is 0 Å². The lowest BCUT2D eigenvalue weighted by atomic mass is 9.84. The van der Waals surface area contributed by atoms with Crippen molar-refractivity contribution in [1.29, 1.82) is 0 Å². The van der Waals surface area contributed by atoms with Crippen LogP contribution in [0.25, 0.3) is 0 Å². The van der Waals surface area contributed by atoms with Crippen LogP contribution < -0.4 is 5.32 Å². The van der Waals surface area contributed by atoms with Crippen molar-refractivity contribution in [3.8, 4) is 0 Å². The Morgan fingerprint density at radius 1 is 1.32 bits per heavy atom. The summed E-state index contributed by atoms with van der Waals surface area (Å²) < 4.78 is 37.5. The normalized spacial score (nSPS) is 14.5. The van der Waals surface area contributed by atoms with Crippen molar-refractivity contribution in [2.24, 2.45) is 5.41 Å². The van der Waals surface area contributed by atoms with Crippen LogP contribution >= 0.6 is 11.6 Å². The number of nitrogens with zero attached hydrogens (tertiary/aromatic N) is 1. The molecule has 0 spiro atoms. The maximum absolute atomic E-state index is 12.5. The van der Waals surface area contributed by atoms with Gasteiger partial charge in [-0.05, 0) is 18.5 Å². The molecule has 0 aliphatic rings. The summed E-state index contributed by atoms with van der Waals surface area (Å²) in [5, 5.41) is 3.20. The Bertz CT molecular complexity index is 438. The second-order valence-corrected chi connectivity index (χ2v) is 5.97. The summed E-state index contributed by atoms with van der Waals surface area (Å²) in [7, 11) is 1.81. The first-order valence-corrected chi connectivity index (χ1v) is 6.32. The Kier molecular flexibility index (Phi) is 4.85. The molecule has 0 aliphatic carbocycles. The van der Waals surface area contributed by atoms with Gasteiger partial charge in [-0.3, -0.25) is 4.98 Å². The summed E-state index contributed by atoms with van der Waals surface area (Å²) in [4.78, 5) is 3.85. The SMILES string of the molecule is CNC(Cc1ncc(C(F)(F)F)cc1Cl)C(C)(C)C. The number of nitrogens with one attached hydrogen (secondary N) is 1. The third-order valence-electron chi connectivity index (χ3n) is 3.04. The fourth-order valence-electron chi connectivity index (χ4n) is 1.81. The van der Waals surface area contributed by atoms with Crippen LogP contribution in [0.2, 0.25) is 5.02 Å². The quantitative estimate of drug-likeness (QED) is 0.913. The van der Waals surface area contributed by atoms with Crippen LogP contribution in [-0.4, -0.2) is 18.1 Å². The maximum Gasteiger partial charge on any atom is 0.417 e. The third-order valence-corrected chi connectivity index (χ3v) is 3.36. The van der Waals surface area contributed by atoms with Gasteiger partial charge in [0.05, 0.1) is 16.3 Å². The third kappa shape index (κ3) is 4.35. The number of hydrogen-bond acceptors (Lipinski definition) is 2. The van der Waals surface area contributed by atoms with Crippen LogP contribution in [0.3, 0.4) is 0 Å². The van der Waals surface area contributed by atoms with Gasteiger partial charge in [-0.25, -0.2) is 0 Å². The number of rotatable bonds is 3. The molecule has 2 nitrogen and oxygen atoms in total. The van der Waals surface area contributed by atoms with E-state index in [0.29, 0.717) is 12.1 Å². The molecular weight excluding hydrogens is 277 g/mol. The van der Waals surface area contributed by atoms with Crippen LogP contribution in [-0.2, 0) is 12.6 Å². The number of alkyl halides is 3. The molecule has 0 saturated heterocycles. The number of likely N-dealkylation sites (N-methyl/N-ethyl adjacent to an activating group) is 1. The standard InChI is InChI=1S/C13H18ClF3N2/c1-12(2,3)11(18-4)6-10-9(14)5-8(7-19-10)13(15,16)17/h5,7,11,18H,6H2,1-4H3. The van der Waals surface area contributed by atoms with Crippen LogP contribution in [0.4, 0.5) is 13.2 Å². The lowest BCUT2D eigenvalue weighted by Crippen LogP contribution is -2.40. The number of aromatic nitrogens is 1. The molecule has 19 heavy (non-hydrogen) atoms. The molecule has 1 atom stereocenters. The molecular formula is C13H18ClF3N2. The molecule has 1 unspecified atom stereocenters. The highest BCUT2D eigenvalue weighted by Crippen LogP contribution is 2.32. The zero-order valence-corrected chi connectivity index (χ0v) is 12.2. The predicted octanol–water partition coefficient (Wildman–Crippen LogP) is 3.93. The highest BCUT2D eigenvalue weighted by Gasteiger charge is 2.32. The molecule has 6 heteroatoms. The summed E-state index contributed by atoms with van der Waals surface area (Å²) >= 11 is 5.90. The summed E-state index contributed by atoms with van der Waals surface area (Å²) in [5.41, 5.74) is -0.385. The van der Waals surface area contributed by atoms with Crippen molar-refractivity contribution in [3.05, 3.63) is 28.5 Å². The summed E-state index contributed by atoms with van der Waals surface area (Å²) in [5.74, 6) is 0. The van der Waals surface area contributed by atoms with E-state index in [4.69, 9.17) is 11.6 Å². The average Bonchev–Trinajstić information content (AvgIpc) is 2.24. The first-order valence-electron chi connectivity index (χ1n) is 5.94. The predicted molar refractivity (Wildman–Crippen MR) is 70.3 cm³/mol. The highest BCUT2D eigenvalue weighted by atomic mass is 35.5. The summed E-state index contributed by atoms with van der Waals surface area (Å²) in [6, 6.07) is 1.01. The first-order chi connectivity index (χ1) is 8.55. The minimum absolute atomic E-state index is 0.0392. The van der Waals surface area contributed by atoms with Gasteiger partial charge in [0.2, 0.25) is 0 Å². The second-order valence-electron chi connectivity index (χ2n) is 5.56. The summed E-state index contributed by atoms with van der Waals surface area (Å²) in [6.07, 6.45) is -3.10. The molecule has 1 aromatic rings. The lowest BCUT2D eigenvalue weighted by Gasteiger charge is -2.30.